The number of benzene rings is 2. The number of halogens is 2. The third-order valence-corrected chi connectivity index (χ3v) is 2.99. The van der Waals surface area contributed by atoms with Gasteiger partial charge in [0.25, 0.3) is 5.91 Å². The molecule has 2 aromatic rings. The van der Waals surface area contributed by atoms with Crippen molar-refractivity contribution in [2.24, 2.45) is 0 Å². The largest absolute Gasteiger partial charge is 0.508 e. The lowest BCUT2D eigenvalue weighted by Gasteiger charge is -2.09. The maximum Gasteiger partial charge on any atom is 0.251 e. The van der Waals surface area contributed by atoms with E-state index in [1.165, 1.54) is 12.1 Å². The summed E-state index contributed by atoms with van der Waals surface area (Å²) in [5.41, 5.74) is 1.26. The highest BCUT2D eigenvalue weighted by molar-refractivity contribution is 5.96. The van der Waals surface area contributed by atoms with Crippen LogP contribution in [0.25, 0.3) is 0 Å². The second-order valence-electron chi connectivity index (χ2n) is 4.38. The van der Waals surface area contributed by atoms with E-state index < -0.39 is 11.6 Å². The Kier molecular flexibility index (Phi) is 3.98. The molecule has 0 saturated carbocycles. The van der Waals surface area contributed by atoms with E-state index >= 15 is 0 Å². The van der Waals surface area contributed by atoms with Gasteiger partial charge in [-0.05, 0) is 36.8 Å². The first-order valence-corrected chi connectivity index (χ1v) is 5.99. The van der Waals surface area contributed by atoms with Crippen molar-refractivity contribution >= 4 is 5.91 Å². The molecule has 0 heterocycles. The summed E-state index contributed by atoms with van der Waals surface area (Å²) in [6, 6.07) is 8.07. The van der Waals surface area contributed by atoms with Crippen molar-refractivity contribution in [2.75, 3.05) is 0 Å². The molecule has 0 fully saturated rings. The standard InChI is InChI=1S/C15H13F2NO2/c1-9-11(3-2-4-14(9)19)15(20)18-8-10-5-6-12(16)13(17)7-10/h2-7,19H,8H2,1H3,(H,18,20). The molecule has 20 heavy (non-hydrogen) atoms. The summed E-state index contributed by atoms with van der Waals surface area (Å²) < 4.78 is 25.8. The van der Waals surface area contributed by atoms with Crippen molar-refractivity contribution in [2.45, 2.75) is 13.5 Å². The van der Waals surface area contributed by atoms with Gasteiger partial charge in [0, 0.05) is 17.7 Å². The molecule has 0 aliphatic rings. The number of phenolic OH excluding ortho intramolecular Hbond substituents is 1. The van der Waals surface area contributed by atoms with E-state index in [4.69, 9.17) is 0 Å². The number of carbonyl (C=O) groups excluding carboxylic acids is 1. The second-order valence-corrected chi connectivity index (χ2v) is 4.38. The molecule has 0 bridgehead atoms. The van der Waals surface area contributed by atoms with E-state index in [0.717, 1.165) is 12.1 Å². The van der Waals surface area contributed by atoms with E-state index in [9.17, 15) is 18.7 Å². The minimum atomic E-state index is -0.953. The Morgan fingerprint density at radius 1 is 1.20 bits per heavy atom. The molecule has 0 unspecified atom stereocenters. The van der Waals surface area contributed by atoms with Crippen LogP contribution in [0.1, 0.15) is 21.5 Å². The minimum Gasteiger partial charge on any atom is -0.508 e. The lowest BCUT2D eigenvalue weighted by molar-refractivity contribution is 0.0950. The average molecular weight is 277 g/mol. The van der Waals surface area contributed by atoms with Crippen LogP contribution in [0.3, 0.4) is 0 Å². The summed E-state index contributed by atoms with van der Waals surface area (Å²) in [6.45, 7) is 1.70. The van der Waals surface area contributed by atoms with Crippen molar-refractivity contribution in [3.05, 3.63) is 64.7 Å². The van der Waals surface area contributed by atoms with E-state index in [2.05, 4.69) is 5.32 Å². The van der Waals surface area contributed by atoms with Crippen LogP contribution in [0.15, 0.2) is 36.4 Å². The fraction of sp³-hybridized carbons (Fsp3) is 0.133. The molecule has 0 radical (unpaired) electrons. The molecule has 5 heteroatoms. The zero-order chi connectivity index (χ0) is 14.7. The Morgan fingerprint density at radius 2 is 1.95 bits per heavy atom. The summed E-state index contributed by atoms with van der Waals surface area (Å²) in [4.78, 5) is 12.0. The van der Waals surface area contributed by atoms with Gasteiger partial charge in [0.15, 0.2) is 11.6 Å². The van der Waals surface area contributed by atoms with Gasteiger partial charge >= 0.3 is 0 Å². The first kappa shape index (κ1) is 14.0. The van der Waals surface area contributed by atoms with Crippen LogP contribution in [0.4, 0.5) is 8.78 Å². The van der Waals surface area contributed by atoms with Crippen molar-refractivity contribution < 1.29 is 18.7 Å². The quantitative estimate of drug-likeness (QED) is 0.906. The molecule has 2 N–H and O–H groups in total. The zero-order valence-electron chi connectivity index (χ0n) is 10.8. The maximum absolute atomic E-state index is 13.0. The fourth-order valence-electron chi connectivity index (χ4n) is 1.80. The predicted molar refractivity (Wildman–Crippen MR) is 70.4 cm³/mol. The molecule has 2 rings (SSSR count). The molecular formula is C15H13F2NO2. The van der Waals surface area contributed by atoms with Crippen LogP contribution in [0.5, 0.6) is 5.75 Å². The second kappa shape index (κ2) is 5.69. The molecule has 104 valence electrons. The number of nitrogens with one attached hydrogen (secondary N) is 1. The van der Waals surface area contributed by atoms with Crippen LogP contribution in [-0.2, 0) is 6.54 Å². The van der Waals surface area contributed by atoms with Crippen molar-refractivity contribution in [3.8, 4) is 5.75 Å². The van der Waals surface area contributed by atoms with Crippen LogP contribution in [0, 0.1) is 18.6 Å². The van der Waals surface area contributed by atoms with E-state index in [-0.39, 0.29) is 18.2 Å². The predicted octanol–water partition coefficient (Wildman–Crippen LogP) is 2.91. The van der Waals surface area contributed by atoms with Crippen LogP contribution >= 0.6 is 0 Å². The monoisotopic (exact) mass is 277 g/mol. The van der Waals surface area contributed by atoms with E-state index in [1.807, 2.05) is 0 Å². The third kappa shape index (κ3) is 2.93. The van der Waals surface area contributed by atoms with Gasteiger partial charge in [0.1, 0.15) is 5.75 Å². The molecule has 3 nitrogen and oxygen atoms in total. The van der Waals surface area contributed by atoms with Crippen LogP contribution < -0.4 is 5.32 Å². The maximum atomic E-state index is 13.0. The lowest BCUT2D eigenvalue weighted by atomic mass is 10.1. The number of carbonyl (C=O) groups is 1. The SMILES string of the molecule is Cc1c(O)cccc1C(=O)NCc1ccc(F)c(F)c1. The first-order chi connectivity index (χ1) is 9.49. The minimum absolute atomic E-state index is 0.0328. The molecular weight excluding hydrogens is 264 g/mol. The van der Waals surface area contributed by atoms with Gasteiger partial charge < -0.3 is 10.4 Å². The number of hydrogen-bond donors (Lipinski definition) is 2. The Bertz CT molecular complexity index is 656. The van der Waals surface area contributed by atoms with Gasteiger partial charge in [-0.1, -0.05) is 12.1 Å². The highest BCUT2D eigenvalue weighted by atomic mass is 19.2. The van der Waals surface area contributed by atoms with Crippen molar-refractivity contribution in [1.82, 2.24) is 5.32 Å². The van der Waals surface area contributed by atoms with E-state index in [0.29, 0.717) is 16.7 Å². The molecule has 1 amide bonds. The lowest BCUT2D eigenvalue weighted by Crippen LogP contribution is -2.23. The average Bonchev–Trinajstić information content (AvgIpc) is 2.43. The summed E-state index contributed by atoms with van der Waals surface area (Å²) in [5, 5.41) is 12.1. The van der Waals surface area contributed by atoms with E-state index in [1.54, 1.807) is 19.1 Å². The van der Waals surface area contributed by atoms with Gasteiger partial charge in [-0.25, -0.2) is 8.78 Å². The molecule has 2 aromatic carbocycles. The first-order valence-electron chi connectivity index (χ1n) is 5.99. The molecule has 0 atom stereocenters. The highest BCUT2D eigenvalue weighted by Crippen LogP contribution is 2.19. The van der Waals surface area contributed by atoms with Crippen LogP contribution in [0.2, 0.25) is 0 Å². The highest BCUT2D eigenvalue weighted by Gasteiger charge is 2.11. The Labute approximate surface area is 114 Å². The van der Waals surface area contributed by atoms with Gasteiger partial charge in [-0.3, -0.25) is 4.79 Å². The normalized spacial score (nSPS) is 10.3. The smallest absolute Gasteiger partial charge is 0.251 e. The molecule has 0 aromatic heterocycles. The fourth-order valence-corrected chi connectivity index (χ4v) is 1.80. The number of phenols is 1. The number of rotatable bonds is 3. The number of hydrogen-bond acceptors (Lipinski definition) is 2. The van der Waals surface area contributed by atoms with Crippen molar-refractivity contribution in [1.29, 1.82) is 0 Å². The Balaban J connectivity index is 2.08. The summed E-state index contributed by atoms with van der Waals surface area (Å²) in [6.07, 6.45) is 0. The molecule has 0 aliphatic carbocycles. The zero-order valence-corrected chi connectivity index (χ0v) is 10.8. The van der Waals surface area contributed by atoms with Gasteiger partial charge in [-0.15, -0.1) is 0 Å². The number of aromatic hydroxyl groups is 1. The topological polar surface area (TPSA) is 49.3 Å². The molecule has 0 spiro atoms. The third-order valence-electron chi connectivity index (χ3n) is 2.99. The summed E-state index contributed by atoms with van der Waals surface area (Å²) in [5.74, 6) is -2.23. The molecule has 0 aliphatic heterocycles. The Morgan fingerprint density at radius 3 is 2.65 bits per heavy atom. The summed E-state index contributed by atoms with van der Waals surface area (Å²) in [7, 11) is 0. The number of amides is 1. The van der Waals surface area contributed by atoms with Gasteiger partial charge in [0.05, 0.1) is 0 Å². The molecule has 0 saturated heterocycles. The summed E-state index contributed by atoms with van der Waals surface area (Å²) >= 11 is 0. The Hall–Kier alpha value is -2.43. The van der Waals surface area contributed by atoms with Crippen LogP contribution in [-0.4, -0.2) is 11.0 Å². The van der Waals surface area contributed by atoms with Gasteiger partial charge in [-0.2, -0.15) is 0 Å². The van der Waals surface area contributed by atoms with Gasteiger partial charge in [0.2, 0.25) is 0 Å². The van der Waals surface area contributed by atoms with Crippen molar-refractivity contribution in [3.63, 3.8) is 0 Å².